The summed E-state index contributed by atoms with van der Waals surface area (Å²) in [5.41, 5.74) is 7.73. The number of aromatic nitrogens is 1. The average Bonchev–Trinajstić information content (AvgIpc) is 2.99. The Kier molecular flexibility index (Phi) is 5.05. The smallest absolute Gasteiger partial charge is 0.226 e. The summed E-state index contributed by atoms with van der Waals surface area (Å²) in [5.74, 6) is 0.612. The Bertz CT molecular complexity index is 573. The van der Waals surface area contributed by atoms with Crippen molar-refractivity contribution in [3.63, 3.8) is 0 Å². The third-order valence-corrected chi connectivity index (χ3v) is 3.55. The van der Waals surface area contributed by atoms with Gasteiger partial charge in [0.1, 0.15) is 6.26 Å². The monoisotopic (exact) mass is 313 g/mol. The van der Waals surface area contributed by atoms with Crippen molar-refractivity contribution < 1.29 is 4.42 Å². The second kappa shape index (κ2) is 6.59. The van der Waals surface area contributed by atoms with Crippen molar-refractivity contribution in [1.29, 1.82) is 0 Å². The maximum atomic E-state index is 5.96. The van der Waals surface area contributed by atoms with Crippen LogP contribution in [0.1, 0.15) is 12.1 Å². The molecular weight excluding hydrogens is 297 g/mol. The van der Waals surface area contributed by atoms with Gasteiger partial charge in [-0.3, -0.25) is 4.90 Å². The minimum Gasteiger partial charge on any atom is -0.444 e. The van der Waals surface area contributed by atoms with Crippen molar-refractivity contribution in [2.45, 2.75) is 19.0 Å². The topological polar surface area (TPSA) is 55.3 Å². The Morgan fingerprint density at radius 3 is 3.00 bits per heavy atom. The van der Waals surface area contributed by atoms with E-state index in [1.165, 1.54) is 0 Å². The van der Waals surface area contributed by atoms with Crippen LogP contribution in [0.5, 0.6) is 0 Å². The van der Waals surface area contributed by atoms with E-state index in [0.29, 0.717) is 17.0 Å². The molecule has 0 aliphatic carbocycles. The van der Waals surface area contributed by atoms with E-state index in [0.717, 1.165) is 37.3 Å². The lowest BCUT2D eigenvalue weighted by Gasteiger charge is -2.12. The number of rotatable bonds is 3. The zero-order valence-electron chi connectivity index (χ0n) is 11.0. The molecule has 1 aliphatic heterocycles. The number of halogens is 2. The molecule has 0 radical (unpaired) electrons. The zero-order valence-corrected chi connectivity index (χ0v) is 12.5. The van der Waals surface area contributed by atoms with Gasteiger partial charge in [0.2, 0.25) is 5.89 Å². The van der Waals surface area contributed by atoms with Crippen LogP contribution in [0.15, 0.2) is 34.9 Å². The fourth-order valence-electron chi connectivity index (χ4n) is 2.37. The van der Waals surface area contributed by atoms with Gasteiger partial charge in [0.15, 0.2) is 0 Å². The normalized spacial score (nSPS) is 19.0. The SMILES string of the molecule is Cl.NC1CCN(Cc2coc(-c3cccc(Cl)c3)n2)C1. The van der Waals surface area contributed by atoms with Crippen LogP contribution in [0.2, 0.25) is 5.02 Å². The maximum absolute atomic E-state index is 5.96. The number of likely N-dealkylation sites (tertiary alicyclic amines) is 1. The number of oxazole rings is 1. The fourth-order valence-corrected chi connectivity index (χ4v) is 2.56. The molecule has 4 nitrogen and oxygen atoms in total. The molecule has 0 saturated carbocycles. The van der Waals surface area contributed by atoms with E-state index < -0.39 is 0 Å². The van der Waals surface area contributed by atoms with Crippen LogP contribution in [0.25, 0.3) is 11.5 Å². The lowest BCUT2D eigenvalue weighted by molar-refractivity contribution is 0.322. The van der Waals surface area contributed by atoms with E-state index in [2.05, 4.69) is 9.88 Å². The zero-order chi connectivity index (χ0) is 13.2. The van der Waals surface area contributed by atoms with Crippen LogP contribution < -0.4 is 5.73 Å². The van der Waals surface area contributed by atoms with Crippen molar-refractivity contribution in [2.24, 2.45) is 5.73 Å². The molecule has 2 N–H and O–H groups in total. The van der Waals surface area contributed by atoms with Gasteiger partial charge in [0.05, 0.1) is 5.69 Å². The molecule has 1 atom stereocenters. The fraction of sp³-hybridized carbons (Fsp3) is 0.357. The molecule has 2 aromatic rings. The molecule has 1 aliphatic rings. The van der Waals surface area contributed by atoms with Gasteiger partial charge in [-0.1, -0.05) is 17.7 Å². The van der Waals surface area contributed by atoms with Crippen molar-refractivity contribution in [3.8, 4) is 11.5 Å². The minimum absolute atomic E-state index is 0. The highest BCUT2D eigenvalue weighted by Crippen LogP contribution is 2.22. The summed E-state index contributed by atoms with van der Waals surface area (Å²) < 4.78 is 5.52. The van der Waals surface area contributed by atoms with Crippen LogP contribution in [0.4, 0.5) is 0 Å². The predicted octanol–water partition coefficient (Wildman–Crippen LogP) is 2.95. The quantitative estimate of drug-likeness (QED) is 0.946. The summed E-state index contributed by atoms with van der Waals surface area (Å²) in [6.45, 7) is 2.75. The lowest BCUT2D eigenvalue weighted by Crippen LogP contribution is -2.26. The highest BCUT2D eigenvalue weighted by atomic mass is 35.5. The Balaban J connectivity index is 0.00000147. The standard InChI is InChI=1S/C14H16ClN3O.ClH/c15-11-3-1-2-10(6-11)14-17-13(9-19-14)8-18-5-4-12(16)7-18;/h1-3,6,9,12H,4-5,7-8,16H2;1H. The Hall–Kier alpha value is -1.07. The minimum atomic E-state index is 0. The summed E-state index contributed by atoms with van der Waals surface area (Å²) in [6, 6.07) is 7.80. The first-order valence-electron chi connectivity index (χ1n) is 6.39. The van der Waals surface area contributed by atoms with Crippen LogP contribution in [-0.2, 0) is 6.54 Å². The van der Waals surface area contributed by atoms with Gasteiger partial charge in [0, 0.05) is 36.3 Å². The van der Waals surface area contributed by atoms with Crippen LogP contribution >= 0.6 is 24.0 Å². The molecule has 108 valence electrons. The number of nitrogens with zero attached hydrogens (tertiary/aromatic N) is 2. The Morgan fingerprint density at radius 2 is 2.30 bits per heavy atom. The number of benzene rings is 1. The van der Waals surface area contributed by atoms with Crippen molar-refractivity contribution in [1.82, 2.24) is 9.88 Å². The molecule has 1 unspecified atom stereocenters. The summed E-state index contributed by atoms with van der Waals surface area (Å²) in [5, 5.41) is 0.683. The van der Waals surface area contributed by atoms with E-state index in [-0.39, 0.29) is 12.4 Å². The van der Waals surface area contributed by atoms with Gasteiger partial charge < -0.3 is 10.2 Å². The first-order chi connectivity index (χ1) is 9.20. The van der Waals surface area contributed by atoms with Gasteiger partial charge in [-0.2, -0.15) is 0 Å². The molecule has 2 heterocycles. The molecule has 6 heteroatoms. The molecule has 1 fully saturated rings. The van der Waals surface area contributed by atoms with Crippen LogP contribution in [-0.4, -0.2) is 29.0 Å². The Morgan fingerprint density at radius 1 is 1.45 bits per heavy atom. The summed E-state index contributed by atoms with van der Waals surface area (Å²) in [6.07, 6.45) is 2.76. The number of hydrogen-bond donors (Lipinski definition) is 1. The van der Waals surface area contributed by atoms with Crippen molar-refractivity contribution in [3.05, 3.63) is 41.2 Å². The maximum Gasteiger partial charge on any atom is 0.226 e. The van der Waals surface area contributed by atoms with Crippen LogP contribution in [0, 0.1) is 0 Å². The summed E-state index contributed by atoms with van der Waals surface area (Å²) in [7, 11) is 0. The van der Waals surface area contributed by atoms with E-state index in [9.17, 15) is 0 Å². The molecule has 1 saturated heterocycles. The van der Waals surface area contributed by atoms with Crippen LogP contribution in [0.3, 0.4) is 0 Å². The van der Waals surface area contributed by atoms with Gasteiger partial charge in [-0.05, 0) is 24.6 Å². The first kappa shape index (κ1) is 15.3. The second-order valence-corrected chi connectivity index (χ2v) is 5.37. The van der Waals surface area contributed by atoms with Gasteiger partial charge in [0.25, 0.3) is 0 Å². The number of hydrogen-bond acceptors (Lipinski definition) is 4. The molecule has 3 rings (SSSR count). The highest BCUT2D eigenvalue weighted by molar-refractivity contribution is 6.30. The molecule has 1 aromatic heterocycles. The van der Waals surface area contributed by atoms with Crippen molar-refractivity contribution in [2.75, 3.05) is 13.1 Å². The van der Waals surface area contributed by atoms with E-state index in [1.807, 2.05) is 24.3 Å². The molecule has 0 bridgehead atoms. The van der Waals surface area contributed by atoms with E-state index in [1.54, 1.807) is 6.26 Å². The predicted molar refractivity (Wildman–Crippen MR) is 82.1 cm³/mol. The van der Waals surface area contributed by atoms with E-state index >= 15 is 0 Å². The lowest BCUT2D eigenvalue weighted by atomic mass is 10.2. The van der Waals surface area contributed by atoms with E-state index in [4.69, 9.17) is 21.8 Å². The van der Waals surface area contributed by atoms with Gasteiger partial charge in [-0.25, -0.2) is 4.98 Å². The molecular formula is C14H17Cl2N3O. The Labute approximate surface area is 129 Å². The van der Waals surface area contributed by atoms with Crippen molar-refractivity contribution >= 4 is 24.0 Å². The van der Waals surface area contributed by atoms with Gasteiger partial charge >= 0.3 is 0 Å². The first-order valence-corrected chi connectivity index (χ1v) is 6.77. The summed E-state index contributed by atoms with van der Waals surface area (Å²) >= 11 is 5.96. The van der Waals surface area contributed by atoms with Gasteiger partial charge in [-0.15, -0.1) is 12.4 Å². The molecule has 1 aromatic carbocycles. The molecule has 20 heavy (non-hydrogen) atoms. The molecule has 0 spiro atoms. The molecule has 0 amide bonds. The summed E-state index contributed by atoms with van der Waals surface area (Å²) in [4.78, 5) is 6.80. The highest BCUT2D eigenvalue weighted by Gasteiger charge is 2.20. The third-order valence-electron chi connectivity index (χ3n) is 3.32. The number of nitrogens with two attached hydrogens (primary N) is 1. The average molecular weight is 314 g/mol. The largest absolute Gasteiger partial charge is 0.444 e. The second-order valence-electron chi connectivity index (χ2n) is 4.94. The third kappa shape index (κ3) is 3.52.